The summed E-state index contributed by atoms with van der Waals surface area (Å²) in [6, 6.07) is 0. The van der Waals surface area contributed by atoms with Gasteiger partial charge in [-0.3, -0.25) is 0 Å². The van der Waals surface area contributed by atoms with Crippen LogP contribution >= 0.6 is 0 Å². The van der Waals surface area contributed by atoms with Crippen LogP contribution in [0.3, 0.4) is 0 Å². The zero-order valence-electron chi connectivity index (χ0n) is 14.1. The zero-order chi connectivity index (χ0) is 19.4. The SMILES string of the molecule is CC(C)(C(F)(F)F)C(F)(F)F.CCC.COC.CS(C)(=O)=O. The van der Waals surface area contributed by atoms with E-state index in [1.165, 1.54) is 6.42 Å². The maximum Gasteiger partial charge on any atom is 0.402 e. The highest BCUT2D eigenvalue weighted by atomic mass is 32.2. The van der Waals surface area contributed by atoms with Gasteiger partial charge in [0.1, 0.15) is 9.84 Å². The van der Waals surface area contributed by atoms with Crippen LogP contribution in [0.15, 0.2) is 0 Å². The average Bonchev–Trinajstić information content (AvgIpc) is 2.13. The first-order valence-electron chi connectivity index (χ1n) is 6.01. The Morgan fingerprint density at radius 2 is 0.909 bits per heavy atom. The van der Waals surface area contributed by atoms with Gasteiger partial charge in [-0.15, -0.1) is 0 Å². The summed E-state index contributed by atoms with van der Waals surface area (Å²) in [5.41, 5.74) is -3.62. The molecule has 0 N–H and O–H groups in total. The Hall–Kier alpha value is -0.510. The third kappa shape index (κ3) is 21.8. The van der Waals surface area contributed by atoms with Crippen molar-refractivity contribution in [2.75, 3.05) is 26.7 Å². The molecule has 0 atom stereocenters. The predicted molar refractivity (Wildman–Crippen MR) is 75.6 cm³/mol. The van der Waals surface area contributed by atoms with Crippen LogP contribution in [0.2, 0.25) is 0 Å². The number of sulfone groups is 1. The lowest BCUT2D eigenvalue weighted by molar-refractivity contribution is -0.327. The predicted octanol–water partition coefficient (Wildman–Crippen LogP) is 4.48. The molecule has 0 aliphatic heterocycles. The molecule has 0 aromatic heterocycles. The summed E-state index contributed by atoms with van der Waals surface area (Å²) in [5, 5.41) is 0. The molecule has 0 spiro atoms. The van der Waals surface area contributed by atoms with Crippen molar-refractivity contribution in [1.82, 2.24) is 0 Å². The van der Waals surface area contributed by atoms with E-state index in [0.29, 0.717) is 0 Å². The second-order valence-electron chi connectivity index (χ2n) is 4.88. The number of alkyl halides is 6. The van der Waals surface area contributed by atoms with E-state index in [1.807, 2.05) is 0 Å². The van der Waals surface area contributed by atoms with Crippen molar-refractivity contribution in [2.45, 2.75) is 46.5 Å². The van der Waals surface area contributed by atoms with Gasteiger partial charge in [-0.2, -0.15) is 26.3 Å². The molecule has 0 amide bonds. The van der Waals surface area contributed by atoms with Crippen LogP contribution in [-0.2, 0) is 14.6 Å². The second-order valence-corrected chi connectivity index (χ2v) is 7.16. The largest absolute Gasteiger partial charge is 0.402 e. The molecule has 0 radical (unpaired) electrons. The molecule has 0 rings (SSSR count). The Morgan fingerprint density at radius 3 is 0.909 bits per heavy atom. The van der Waals surface area contributed by atoms with E-state index in [9.17, 15) is 34.8 Å². The van der Waals surface area contributed by atoms with Gasteiger partial charge in [0.05, 0.1) is 0 Å². The maximum absolute atomic E-state index is 11.6. The topological polar surface area (TPSA) is 43.4 Å². The quantitative estimate of drug-likeness (QED) is 0.596. The van der Waals surface area contributed by atoms with Gasteiger partial charge in [-0.1, -0.05) is 20.3 Å². The number of methoxy groups -OCH3 is 1. The molecule has 0 aromatic rings. The number of halogens is 6. The van der Waals surface area contributed by atoms with Crippen molar-refractivity contribution in [1.29, 1.82) is 0 Å². The van der Waals surface area contributed by atoms with Crippen molar-refractivity contribution < 1.29 is 39.5 Å². The number of rotatable bonds is 0. The van der Waals surface area contributed by atoms with E-state index in [4.69, 9.17) is 0 Å². The monoisotopic (exact) mass is 364 g/mol. The van der Waals surface area contributed by atoms with Gasteiger partial charge >= 0.3 is 12.4 Å². The Morgan fingerprint density at radius 1 is 0.818 bits per heavy atom. The molecular formula is C12H26F6O3S. The van der Waals surface area contributed by atoms with Crippen molar-refractivity contribution in [3.05, 3.63) is 0 Å². The van der Waals surface area contributed by atoms with Crippen LogP contribution in [0.4, 0.5) is 26.3 Å². The molecule has 10 heteroatoms. The van der Waals surface area contributed by atoms with Crippen molar-refractivity contribution in [3.8, 4) is 0 Å². The molecule has 140 valence electrons. The second kappa shape index (κ2) is 12.0. The normalized spacial score (nSPS) is 11.9. The van der Waals surface area contributed by atoms with Gasteiger partial charge in [0.2, 0.25) is 0 Å². The van der Waals surface area contributed by atoms with Crippen LogP contribution in [0.1, 0.15) is 34.1 Å². The van der Waals surface area contributed by atoms with Gasteiger partial charge in [0.15, 0.2) is 5.41 Å². The van der Waals surface area contributed by atoms with Crippen LogP contribution in [0.5, 0.6) is 0 Å². The smallest absolute Gasteiger partial charge is 0.388 e. The highest BCUT2D eigenvalue weighted by Gasteiger charge is 2.64. The minimum Gasteiger partial charge on any atom is -0.388 e. The Labute approximate surface area is 129 Å². The van der Waals surface area contributed by atoms with E-state index in [2.05, 4.69) is 18.6 Å². The highest BCUT2D eigenvalue weighted by molar-refractivity contribution is 7.89. The Kier molecular flexibility index (Phi) is 16.1. The molecule has 0 bridgehead atoms. The molecule has 0 heterocycles. The first kappa shape index (κ1) is 29.5. The molecule has 0 aliphatic carbocycles. The average molecular weight is 364 g/mol. The summed E-state index contributed by atoms with van der Waals surface area (Å²) in [6.07, 6.45) is -6.92. The van der Waals surface area contributed by atoms with Crippen molar-refractivity contribution in [2.24, 2.45) is 5.41 Å². The molecular weight excluding hydrogens is 338 g/mol. The minimum atomic E-state index is -5.24. The zero-order valence-corrected chi connectivity index (χ0v) is 14.9. The lowest BCUT2D eigenvalue weighted by Gasteiger charge is -2.29. The third-order valence-electron chi connectivity index (χ3n) is 1.42. The Bertz CT molecular complexity index is 319. The summed E-state index contributed by atoms with van der Waals surface area (Å²) < 4.78 is 93.2. The van der Waals surface area contributed by atoms with Gasteiger partial charge in [-0.25, -0.2) is 8.42 Å². The summed E-state index contributed by atoms with van der Waals surface area (Å²) in [7, 11) is 0.583. The minimum absolute atomic E-state index is 0.104. The molecule has 3 nitrogen and oxygen atoms in total. The fraction of sp³-hybridized carbons (Fsp3) is 1.00. The molecule has 0 fully saturated rings. The van der Waals surface area contributed by atoms with Crippen LogP contribution in [-0.4, -0.2) is 47.5 Å². The van der Waals surface area contributed by atoms with E-state index in [-0.39, 0.29) is 13.8 Å². The highest BCUT2D eigenvalue weighted by Crippen LogP contribution is 2.49. The summed E-state index contributed by atoms with van der Waals surface area (Å²) in [5.74, 6) is 0. The molecule has 0 unspecified atom stereocenters. The summed E-state index contributed by atoms with van der Waals surface area (Å²) in [6.45, 7) is 4.46. The van der Waals surface area contributed by atoms with Crippen molar-refractivity contribution >= 4 is 9.84 Å². The first-order chi connectivity index (χ1) is 9.33. The van der Waals surface area contributed by atoms with Gasteiger partial charge in [0, 0.05) is 26.7 Å². The molecule has 0 aliphatic rings. The fourth-order valence-electron chi connectivity index (χ4n) is 0.161. The van der Waals surface area contributed by atoms with Gasteiger partial charge in [0.25, 0.3) is 0 Å². The van der Waals surface area contributed by atoms with Gasteiger partial charge in [-0.05, 0) is 13.8 Å². The fourth-order valence-corrected chi connectivity index (χ4v) is 0.161. The lowest BCUT2D eigenvalue weighted by Crippen LogP contribution is -2.44. The molecule has 0 saturated heterocycles. The number of hydrogen-bond donors (Lipinski definition) is 0. The maximum atomic E-state index is 11.6. The first-order valence-corrected chi connectivity index (χ1v) is 8.31. The van der Waals surface area contributed by atoms with E-state index >= 15 is 0 Å². The van der Waals surface area contributed by atoms with Crippen LogP contribution < -0.4 is 0 Å². The van der Waals surface area contributed by atoms with Gasteiger partial charge < -0.3 is 4.74 Å². The standard InChI is InChI=1S/C5H6F6.C3H8.C2H6O2S.C2H6O/c1-3(2,4(6,7)8)5(9,10)11;1-3-2;1-5(2,3)4;1-3-2/h1-2H3;3H2,1-2H3;1-2H3;1-2H3. The lowest BCUT2D eigenvalue weighted by atomic mass is 9.92. The molecule has 22 heavy (non-hydrogen) atoms. The summed E-state index contributed by atoms with van der Waals surface area (Å²) in [4.78, 5) is 0. The van der Waals surface area contributed by atoms with E-state index in [1.54, 1.807) is 14.2 Å². The van der Waals surface area contributed by atoms with Crippen LogP contribution in [0, 0.1) is 5.41 Å². The number of hydrogen-bond acceptors (Lipinski definition) is 3. The van der Waals surface area contributed by atoms with Crippen molar-refractivity contribution in [3.63, 3.8) is 0 Å². The van der Waals surface area contributed by atoms with E-state index in [0.717, 1.165) is 12.5 Å². The third-order valence-corrected chi connectivity index (χ3v) is 1.42. The van der Waals surface area contributed by atoms with Crippen LogP contribution in [0.25, 0.3) is 0 Å². The summed E-state index contributed by atoms with van der Waals surface area (Å²) >= 11 is 0. The Balaban J connectivity index is -0.000000122. The number of ether oxygens (including phenoxy) is 1. The molecule has 0 saturated carbocycles. The van der Waals surface area contributed by atoms with E-state index < -0.39 is 27.6 Å². The molecule has 0 aromatic carbocycles.